The molecule has 4 aromatic rings. The molecule has 0 saturated carbocycles. The van der Waals surface area contributed by atoms with Gasteiger partial charge in [-0.3, -0.25) is 4.79 Å². The van der Waals surface area contributed by atoms with Crippen molar-refractivity contribution in [2.75, 3.05) is 5.32 Å². The highest BCUT2D eigenvalue weighted by molar-refractivity contribution is 7.07. The van der Waals surface area contributed by atoms with E-state index in [1.54, 1.807) is 34.5 Å². The second-order valence-electron chi connectivity index (χ2n) is 5.87. The van der Waals surface area contributed by atoms with E-state index < -0.39 is 0 Å². The first-order valence-corrected chi connectivity index (χ1v) is 9.68. The average molecular weight is 418 g/mol. The lowest BCUT2D eigenvalue weighted by atomic mass is 10.2. The molecule has 4 rings (SSSR count). The van der Waals surface area contributed by atoms with Crippen molar-refractivity contribution in [3.8, 4) is 0 Å². The summed E-state index contributed by atoms with van der Waals surface area (Å²) in [5.41, 5.74) is 4.90. The number of benzene rings is 1. The quantitative estimate of drug-likeness (QED) is 0.517. The smallest absolute Gasteiger partial charge is 0.258 e. The Morgan fingerprint density at radius 2 is 2.00 bits per heavy atom. The monoisotopic (exact) mass is 417 g/mol. The zero-order valence-corrected chi connectivity index (χ0v) is 16.4. The zero-order chi connectivity index (χ0) is 19.0. The van der Waals surface area contributed by atoms with Crippen molar-refractivity contribution in [3.63, 3.8) is 0 Å². The SMILES string of the molecule is Cc1nn(Cc2cscn2)c2ncc(C(=O)Nc3ccc(Cl)cc3)c(Cl)c12. The van der Waals surface area contributed by atoms with Gasteiger partial charge in [0.15, 0.2) is 5.65 Å². The van der Waals surface area contributed by atoms with Gasteiger partial charge in [0.05, 0.1) is 39.4 Å². The van der Waals surface area contributed by atoms with E-state index in [0.717, 1.165) is 5.69 Å². The fraction of sp³-hybridized carbons (Fsp3) is 0.111. The Hall–Kier alpha value is -2.48. The molecule has 1 amide bonds. The van der Waals surface area contributed by atoms with Gasteiger partial charge in [0, 0.05) is 22.3 Å². The minimum absolute atomic E-state index is 0.287. The maximum atomic E-state index is 12.6. The number of anilines is 1. The number of hydrogen-bond acceptors (Lipinski definition) is 5. The molecule has 0 radical (unpaired) electrons. The number of aromatic nitrogens is 4. The largest absolute Gasteiger partial charge is 0.322 e. The van der Waals surface area contributed by atoms with E-state index in [1.807, 2.05) is 12.3 Å². The molecule has 0 saturated heterocycles. The van der Waals surface area contributed by atoms with E-state index in [0.29, 0.717) is 39.0 Å². The number of amides is 1. The lowest BCUT2D eigenvalue weighted by Gasteiger charge is -2.08. The molecule has 0 aliphatic heterocycles. The van der Waals surface area contributed by atoms with Crippen molar-refractivity contribution in [1.29, 1.82) is 0 Å². The number of carbonyl (C=O) groups is 1. The Labute approximate surface area is 168 Å². The van der Waals surface area contributed by atoms with Crippen LogP contribution in [-0.4, -0.2) is 25.7 Å². The van der Waals surface area contributed by atoms with Crippen LogP contribution in [0.2, 0.25) is 10.0 Å². The van der Waals surface area contributed by atoms with Gasteiger partial charge in [-0.05, 0) is 31.2 Å². The Balaban J connectivity index is 1.68. The number of nitrogens with one attached hydrogen (secondary N) is 1. The zero-order valence-electron chi connectivity index (χ0n) is 14.1. The number of hydrogen-bond donors (Lipinski definition) is 1. The molecule has 0 aliphatic carbocycles. The molecule has 0 atom stereocenters. The molecule has 0 aliphatic rings. The third kappa shape index (κ3) is 3.53. The summed E-state index contributed by atoms with van der Waals surface area (Å²) in [6.45, 7) is 2.34. The van der Waals surface area contributed by atoms with Crippen LogP contribution in [0.4, 0.5) is 5.69 Å². The standard InChI is InChI=1S/C18H13Cl2N5OS/c1-10-15-16(20)14(18(26)23-12-4-2-11(19)3-5-12)6-21-17(15)25(24-10)7-13-8-27-9-22-13/h2-6,8-9H,7H2,1H3,(H,23,26). The minimum atomic E-state index is -0.344. The van der Waals surface area contributed by atoms with Crippen LogP contribution in [0, 0.1) is 6.92 Å². The number of nitrogens with zero attached hydrogens (tertiary/aromatic N) is 4. The molecule has 1 aromatic carbocycles. The summed E-state index contributed by atoms with van der Waals surface area (Å²) in [7, 11) is 0. The highest BCUT2D eigenvalue weighted by atomic mass is 35.5. The lowest BCUT2D eigenvalue weighted by molar-refractivity contribution is 0.102. The van der Waals surface area contributed by atoms with Gasteiger partial charge in [-0.25, -0.2) is 14.6 Å². The summed E-state index contributed by atoms with van der Waals surface area (Å²) in [4.78, 5) is 21.3. The average Bonchev–Trinajstić information content (AvgIpc) is 3.26. The van der Waals surface area contributed by atoms with Crippen LogP contribution in [0.1, 0.15) is 21.7 Å². The highest BCUT2D eigenvalue weighted by Gasteiger charge is 2.19. The van der Waals surface area contributed by atoms with E-state index in [-0.39, 0.29) is 11.5 Å². The molecule has 3 heterocycles. The third-order valence-corrected chi connectivity index (χ3v) is 5.29. The molecule has 136 valence electrons. The summed E-state index contributed by atoms with van der Waals surface area (Å²) in [5, 5.41) is 10.8. The van der Waals surface area contributed by atoms with E-state index in [2.05, 4.69) is 20.4 Å². The van der Waals surface area contributed by atoms with E-state index in [9.17, 15) is 4.79 Å². The van der Waals surface area contributed by atoms with Crippen LogP contribution < -0.4 is 5.32 Å². The first-order valence-electron chi connectivity index (χ1n) is 7.98. The maximum Gasteiger partial charge on any atom is 0.258 e. The number of pyridine rings is 1. The summed E-state index contributed by atoms with van der Waals surface area (Å²) >= 11 is 13.9. The van der Waals surface area contributed by atoms with Crippen LogP contribution >= 0.6 is 34.5 Å². The van der Waals surface area contributed by atoms with Crippen molar-refractivity contribution in [3.05, 3.63) is 68.3 Å². The molecular weight excluding hydrogens is 405 g/mol. The van der Waals surface area contributed by atoms with Gasteiger partial charge in [-0.1, -0.05) is 23.2 Å². The van der Waals surface area contributed by atoms with Crippen LogP contribution in [0.25, 0.3) is 11.0 Å². The first-order chi connectivity index (χ1) is 13.0. The molecular formula is C18H13Cl2N5OS. The first kappa shape index (κ1) is 17.9. The molecule has 9 heteroatoms. The Morgan fingerprint density at radius 3 is 2.70 bits per heavy atom. The summed E-state index contributed by atoms with van der Waals surface area (Å²) < 4.78 is 1.74. The van der Waals surface area contributed by atoms with Crippen molar-refractivity contribution in [2.24, 2.45) is 0 Å². The number of thiazole rings is 1. The Morgan fingerprint density at radius 1 is 1.22 bits per heavy atom. The van der Waals surface area contributed by atoms with Crippen molar-refractivity contribution < 1.29 is 4.79 Å². The van der Waals surface area contributed by atoms with Crippen LogP contribution in [0.3, 0.4) is 0 Å². The van der Waals surface area contributed by atoms with Crippen LogP contribution in [0.5, 0.6) is 0 Å². The number of fused-ring (bicyclic) bond motifs is 1. The second-order valence-corrected chi connectivity index (χ2v) is 7.40. The fourth-order valence-electron chi connectivity index (χ4n) is 2.74. The number of rotatable bonds is 4. The van der Waals surface area contributed by atoms with E-state index >= 15 is 0 Å². The Kier molecular flexibility index (Phi) is 4.82. The Bertz CT molecular complexity index is 1120. The number of halogens is 2. The predicted molar refractivity (Wildman–Crippen MR) is 108 cm³/mol. The summed E-state index contributed by atoms with van der Waals surface area (Å²) in [6.07, 6.45) is 1.47. The van der Waals surface area contributed by atoms with Gasteiger partial charge in [-0.2, -0.15) is 5.10 Å². The number of aryl methyl sites for hydroxylation is 1. The van der Waals surface area contributed by atoms with Crippen molar-refractivity contribution in [2.45, 2.75) is 13.5 Å². The van der Waals surface area contributed by atoms with Crippen LogP contribution in [0.15, 0.2) is 41.4 Å². The van der Waals surface area contributed by atoms with Crippen LogP contribution in [-0.2, 0) is 6.54 Å². The predicted octanol–water partition coefficient (Wildman–Crippen LogP) is 4.80. The molecule has 1 N–H and O–H groups in total. The molecule has 0 bridgehead atoms. The van der Waals surface area contributed by atoms with Crippen molar-refractivity contribution >= 4 is 57.2 Å². The van der Waals surface area contributed by atoms with E-state index in [1.165, 1.54) is 17.5 Å². The highest BCUT2D eigenvalue weighted by Crippen LogP contribution is 2.29. The van der Waals surface area contributed by atoms with Gasteiger partial charge < -0.3 is 5.32 Å². The molecule has 0 unspecified atom stereocenters. The second kappa shape index (κ2) is 7.26. The van der Waals surface area contributed by atoms with Gasteiger partial charge in [0.2, 0.25) is 0 Å². The third-order valence-electron chi connectivity index (χ3n) is 4.01. The molecule has 27 heavy (non-hydrogen) atoms. The lowest BCUT2D eigenvalue weighted by Crippen LogP contribution is -2.13. The fourth-order valence-corrected chi connectivity index (χ4v) is 3.78. The van der Waals surface area contributed by atoms with Crippen molar-refractivity contribution in [1.82, 2.24) is 19.7 Å². The topological polar surface area (TPSA) is 72.7 Å². The summed E-state index contributed by atoms with van der Waals surface area (Å²) in [5.74, 6) is -0.344. The van der Waals surface area contributed by atoms with Gasteiger partial charge in [0.1, 0.15) is 0 Å². The number of carbonyl (C=O) groups excluding carboxylic acids is 1. The molecule has 6 nitrogen and oxygen atoms in total. The molecule has 0 fully saturated rings. The van der Waals surface area contributed by atoms with E-state index in [4.69, 9.17) is 23.2 Å². The minimum Gasteiger partial charge on any atom is -0.322 e. The maximum absolute atomic E-state index is 12.6. The normalized spacial score (nSPS) is 11.1. The van der Waals surface area contributed by atoms with Gasteiger partial charge in [-0.15, -0.1) is 11.3 Å². The van der Waals surface area contributed by atoms with Gasteiger partial charge >= 0.3 is 0 Å². The molecule has 0 spiro atoms. The summed E-state index contributed by atoms with van der Waals surface area (Å²) in [6, 6.07) is 6.84. The van der Waals surface area contributed by atoms with Gasteiger partial charge in [0.25, 0.3) is 5.91 Å². The molecule has 3 aromatic heterocycles.